The van der Waals surface area contributed by atoms with Gasteiger partial charge in [-0.1, -0.05) is 121 Å². The SMILES string of the molecule is O=S(=O)(Oc1ccc2oc3cc(-c4ccccc4)cc(-c4ccccc4)c3c2c1)C(F)(F)F.Oc1ccc2oc3cc(-c4ccccc4)cc(-c4ccccc4)c3c2c1. The summed E-state index contributed by atoms with van der Waals surface area (Å²) < 4.78 is 77.8. The van der Waals surface area contributed by atoms with Gasteiger partial charge < -0.3 is 18.1 Å². The quantitative estimate of drug-likeness (QED) is 0.133. The molecule has 0 aliphatic rings. The Morgan fingerprint density at radius 3 is 1.29 bits per heavy atom. The molecule has 0 spiro atoms. The number of hydrogen-bond acceptors (Lipinski definition) is 6. The average Bonchev–Trinajstić information content (AvgIpc) is 3.81. The highest BCUT2D eigenvalue weighted by Crippen LogP contribution is 2.43. The molecule has 1 N–H and O–H groups in total. The van der Waals surface area contributed by atoms with Gasteiger partial charge >= 0.3 is 15.6 Å². The molecule has 0 atom stereocenters. The summed E-state index contributed by atoms with van der Waals surface area (Å²) in [5.74, 6) is -0.208. The van der Waals surface area contributed by atoms with Gasteiger partial charge in [0, 0.05) is 21.5 Å². The molecule has 0 aliphatic heterocycles. The van der Waals surface area contributed by atoms with E-state index < -0.39 is 21.4 Å². The van der Waals surface area contributed by atoms with Crippen molar-refractivity contribution >= 4 is 54.0 Å². The molecule has 10 rings (SSSR count). The lowest BCUT2D eigenvalue weighted by atomic mass is 9.94. The standard InChI is InChI=1S/C25H15F3O4S.C24H16O2/c26-25(27,28)33(29,30)32-19-11-12-22-21(15-19)24-20(17-9-5-2-6-10-17)13-18(14-23(24)31-22)16-7-3-1-4-8-16;25-19-11-12-22-21(15-19)24-20(17-9-5-2-6-10-17)13-18(14-23(24)26-22)16-7-3-1-4-8-16/h1-15H;1-15,25H. The molecule has 10 heteroatoms. The predicted octanol–water partition coefficient (Wildman–Crippen LogP) is 13.8. The van der Waals surface area contributed by atoms with Gasteiger partial charge in [0.1, 0.15) is 33.8 Å². The first-order valence-electron chi connectivity index (χ1n) is 18.4. The molecular weight excluding hydrogens is 774 g/mol. The number of phenolic OH excluding ortho intramolecular Hbond substituents is 1. The first-order chi connectivity index (χ1) is 28.5. The number of phenols is 1. The van der Waals surface area contributed by atoms with Crippen LogP contribution in [0.5, 0.6) is 11.5 Å². The summed E-state index contributed by atoms with van der Waals surface area (Å²) in [6.45, 7) is 0. The molecule has 8 aromatic carbocycles. The monoisotopic (exact) mass is 804 g/mol. The van der Waals surface area contributed by atoms with Gasteiger partial charge in [-0.2, -0.15) is 21.6 Å². The Kier molecular flexibility index (Phi) is 9.41. The van der Waals surface area contributed by atoms with Crippen molar-refractivity contribution in [1.82, 2.24) is 0 Å². The highest BCUT2D eigenvalue weighted by Gasteiger charge is 2.48. The smallest absolute Gasteiger partial charge is 0.508 e. The molecule has 2 heterocycles. The Morgan fingerprint density at radius 1 is 0.441 bits per heavy atom. The Morgan fingerprint density at radius 2 is 0.847 bits per heavy atom. The predicted molar refractivity (Wildman–Crippen MR) is 226 cm³/mol. The van der Waals surface area contributed by atoms with Gasteiger partial charge in [0.05, 0.1) is 0 Å². The zero-order chi connectivity index (χ0) is 40.7. The van der Waals surface area contributed by atoms with Crippen molar-refractivity contribution in [3.63, 3.8) is 0 Å². The van der Waals surface area contributed by atoms with E-state index in [1.807, 2.05) is 115 Å². The van der Waals surface area contributed by atoms with Crippen LogP contribution >= 0.6 is 0 Å². The van der Waals surface area contributed by atoms with Gasteiger partial charge in [0.25, 0.3) is 0 Å². The lowest BCUT2D eigenvalue weighted by Gasteiger charge is -2.10. The molecule has 0 unspecified atom stereocenters. The van der Waals surface area contributed by atoms with Crippen LogP contribution in [0.3, 0.4) is 0 Å². The van der Waals surface area contributed by atoms with Gasteiger partial charge in [-0.3, -0.25) is 0 Å². The molecule has 0 fully saturated rings. The third-order valence-corrected chi connectivity index (χ3v) is 10.9. The zero-order valence-corrected chi connectivity index (χ0v) is 31.7. The van der Waals surface area contributed by atoms with Gasteiger partial charge in [-0.25, -0.2) is 0 Å². The minimum Gasteiger partial charge on any atom is -0.508 e. The second-order valence-corrected chi connectivity index (χ2v) is 15.3. The van der Waals surface area contributed by atoms with Gasteiger partial charge in [0.2, 0.25) is 0 Å². The summed E-state index contributed by atoms with van der Waals surface area (Å²) in [5.41, 5.74) is 5.01. The van der Waals surface area contributed by atoms with Crippen molar-refractivity contribution in [2.24, 2.45) is 0 Å². The lowest BCUT2D eigenvalue weighted by Crippen LogP contribution is -2.28. The molecular formula is C49H31F3O6S. The van der Waals surface area contributed by atoms with Crippen molar-refractivity contribution < 1.29 is 39.7 Å². The highest BCUT2D eigenvalue weighted by molar-refractivity contribution is 7.88. The summed E-state index contributed by atoms with van der Waals surface area (Å²) in [4.78, 5) is 0. The molecule has 290 valence electrons. The number of halogens is 3. The van der Waals surface area contributed by atoms with E-state index in [-0.39, 0.29) is 5.75 Å². The van der Waals surface area contributed by atoms with Crippen LogP contribution in [0.2, 0.25) is 0 Å². The Balaban J connectivity index is 0.000000156. The minimum atomic E-state index is -5.79. The third-order valence-electron chi connectivity index (χ3n) is 9.97. The van der Waals surface area contributed by atoms with Crippen molar-refractivity contribution in [1.29, 1.82) is 0 Å². The summed E-state index contributed by atoms with van der Waals surface area (Å²) in [5, 5.41) is 13.0. The van der Waals surface area contributed by atoms with Gasteiger partial charge in [-0.05, 0) is 105 Å². The minimum absolute atomic E-state index is 0.242. The number of rotatable bonds is 6. The topological polar surface area (TPSA) is 89.9 Å². The van der Waals surface area contributed by atoms with Gasteiger partial charge in [0.15, 0.2) is 0 Å². The number of alkyl halides is 3. The van der Waals surface area contributed by atoms with E-state index in [4.69, 9.17) is 8.83 Å². The maximum atomic E-state index is 12.8. The molecule has 10 aromatic rings. The van der Waals surface area contributed by atoms with E-state index in [9.17, 15) is 26.7 Å². The van der Waals surface area contributed by atoms with Crippen LogP contribution in [0.25, 0.3) is 88.4 Å². The molecule has 6 nitrogen and oxygen atoms in total. The number of hydrogen-bond donors (Lipinski definition) is 1. The van der Waals surface area contributed by atoms with Crippen LogP contribution in [0.15, 0.2) is 191 Å². The molecule has 0 saturated heterocycles. The van der Waals surface area contributed by atoms with Crippen LogP contribution < -0.4 is 4.18 Å². The van der Waals surface area contributed by atoms with Crippen molar-refractivity contribution in [3.8, 4) is 56.0 Å². The van der Waals surface area contributed by atoms with Crippen LogP contribution in [-0.2, 0) is 10.1 Å². The number of benzene rings is 8. The molecule has 2 aromatic heterocycles. The Hall–Kier alpha value is -7.30. The molecule has 59 heavy (non-hydrogen) atoms. The number of furan rings is 2. The summed E-state index contributed by atoms with van der Waals surface area (Å²) >= 11 is 0. The molecule has 0 aliphatic carbocycles. The van der Waals surface area contributed by atoms with Crippen molar-refractivity contribution in [2.45, 2.75) is 5.51 Å². The third kappa shape index (κ3) is 7.26. The Bertz CT molecular complexity index is 3230. The summed E-state index contributed by atoms with van der Waals surface area (Å²) in [6.07, 6.45) is 0. The van der Waals surface area contributed by atoms with Crippen molar-refractivity contribution in [2.75, 3.05) is 0 Å². The first-order valence-corrected chi connectivity index (χ1v) is 19.9. The maximum absolute atomic E-state index is 12.8. The largest absolute Gasteiger partial charge is 0.534 e. The van der Waals surface area contributed by atoms with E-state index in [0.29, 0.717) is 21.9 Å². The summed E-state index contributed by atoms with van der Waals surface area (Å²) in [6, 6.07) is 56.9. The first kappa shape index (κ1) is 37.3. The van der Waals surface area contributed by atoms with E-state index in [1.165, 1.54) is 12.1 Å². The molecule has 0 saturated carbocycles. The van der Waals surface area contributed by atoms with E-state index in [0.717, 1.165) is 72.5 Å². The zero-order valence-electron chi connectivity index (χ0n) is 30.9. The van der Waals surface area contributed by atoms with Gasteiger partial charge in [-0.15, -0.1) is 0 Å². The second-order valence-electron chi connectivity index (χ2n) is 13.8. The number of aromatic hydroxyl groups is 1. The lowest BCUT2D eigenvalue weighted by molar-refractivity contribution is -0.0500. The molecule has 0 amide bonds. The van der Waals surface area contributed by atoms with Crippen LogP contribution in [0.4, 0.5) is 13.2 Å². The fourth-order valence-electron chi connectivity index (χ4n) is 7.29. The van der Waals surface area contributed by atoms with Crippen molar-refractivity contribution in [3.05, 3.63) is 182 Å². The highest BCUT2D eigenvalue weighted by atomic mass is 32.2. The second kappa shape index (κ2) is 14.9. The van der Waals surface area contributed by atoms with E-state index >= 15 is 0 Å². The Labute approximate surface area is 336 Å². The average molecular weight is 805 g/mol. The van der Waals surface area contributed by atoms with Crippen LogP contribution in [0, 0.1) is 0 Å². The normalized spacial score (nSPS) is 11.8. The van der Waals surface area contributed by atoms with E-state index in [1.54, 1.807) is 12.1 Å². The fraction of sp³-hybridized carbons (Fsp3) is 0.0204. The van der Waals surface area contributed by atoms with Crippen LogP contribution in [0.1, 0.15) is 0 Å². The maximum Gasteiger partial charge on any atom is 0.534 e. The number of fused-ring (bicyclic) bond motifs is 6. The fourth-order valence-corrected chi connectivity index (χ4v) is 7.74. The molecule has 0 radical (unpaired) electrons. The van der Waals surface area contributed by atoms with E-state index in [2.05, 4.69) is 40.6 Å². The van der Waals surface area contributed by atoms with Crippen LogP contribution in [-0.4, -0.2) is 19.0 Å². The summed E-state index contributed by atoms with van der Waals surface area (Å²) in [7, 11) is -5.79. The molecule has 0 bridgehead atoms.